The number of nitrogens with zero attached hydrogens (tertiary/aromatic N) is 3. The van der Waals surface area contributed by atoms with Crippen molar-refractivity contribution in [2.75, 3.05) is 7.11 Å². The van der Waals surface area contributed by atoms with Crippen molar-refractivity contribution in [3.63, 3.8) is 0 Å². The lowest BCUT2D eigenvalue weighted by Crippen LogP contribution is -2.30. The summed E-state index contributed by atoms with van der Waals surface area (Å²) in [6.07, 6.45) is 2.11. The van der Waals surface area contributed by atoms with E-state index in [1.165, 1.54) is 11.8 Å². The zero-order valence-electron chi connectivity index (χ0n) is 17.4. The fraction of sp³-hybridized carbons (Fsp3) is 0.348. The Kier molecular flexibility index (Phi) is 6.08. The number of amides is 1. The molecule has 2 aromatic carbocycles. The van der Waals surface area contributed by atoms with E-state index >= 15 is 0 Å². The van der Waals surface area contributed by atoms with Crippen LogP contribution in [-0.4, -0.2) is 33.8 Å². The molecule has 7 heteroatoms. The van der Waals surface area contributed by atoms with E-state index in [0.717, 1.165) is 40.7 Å². The normalized spacial score (nSPS) is 14.5. The van der Waals surface area contributed by atoms with E-state index in [1.807, 2.05) is 54.6 Å². The number of methoxy groups -OCH3 is 1. The van der Waals surface area contributed by atoms with Crippen LogP contribution in [0, 0.1) is 0 Å². The van der Waals surface area contributed by atoms with Crippen molar-refractivity contribution in [1.29, 1.82) is 0 Å². The van der Waals surface area contributed by atoms with Gasteiger partial charge in [0.05, 0.1) is 7.11 Å². The minimum atomic E-state index is -0.378. The summed E-state index contributed by atoms with van der Waals surface area (Å²) in [4.78, 5) is 13.0. The van der Waals surface area contributed by atoms with Crippen LogP contribution in [0.3, 0.4) is 0 Å². The average molecular weight is 423 g/mol. The summed E-state index contributed by atoms with van der Waals surface area (Å²) in [5.41, 5.74) is 1.92. The zero-order chi connectivity index (χ0) is 21.1. The molecule has 3 aromatic rings. The molecule has 0 saturated heterocycles. The molecule has 6 nitrogen and oxygen atoms in total. The summed E-state index contributed by atoms with van der Waals surface area (Å²) < 4.78 is 7.35. The van der Waals surface area contributed by atoms with E-state index in [2.05, 4.69) is 33.9 Å². The monoisotopic (exact) mass is 422 g/mol. The third-order valence-corrected chi connectivity index (χ3v) is 6.23. The SMILES string of the molecule is COc1ccc(-c2nnc(S[C@H](C(=O)NC3CC3)c3ccccc3)n2C(C)C)cc1. The highest BCUT2D eigenvalue weighted by Gasteiger charge is 2.31. The van der Waals surface area contributed by atoms with Crippen LogP contribution in [-0.2, 0) is 4.79 Å². The van der Waals surface area contributed by atoms with Gasteiger partial charge >= 0.3 is 0 Å². The molecule has 156 valence electrons. The van der Waals surface area contributed by atoms with E-state index in [4.69, 9.17) is 4.74 Å². The Morgan fingerprint density at radius 1 is 1.10 bits per heavy atom. The highest BCUT2D eigenvalue weighted by Crippen LogP contribution is 2.38. The molecule has 4 rings (SSSR count). The molecule has 1 amide bonds. The third kappa shape index (κ3) is 4.51. The fourth-order valence-electron chi connectivity index (χ4n) is 3.27. The minimum absolute atomic E-state index is 0.0259. The van der Waals surface area contributed by atoms with Crippen LogP contribution in [0.2, 0.25) is 0 Å². The smallest absolute Gasteiger partial charge is 0.238 e. The molecule has 0 radical (unpaired) electrons. The fourth-order valence-corrected chi connectivity index (χ4v) is 4.45. The number of carbonyl (C=O) groups excluding carboxylic acids is 1. The summed E-state index contributed by atoms with van der Waals surface area (Å²) in [7, 11) is 1.65. The van der Waals surface area contributed by atoms with E-state index in [9.17, 15) is 4.79 Å². The molecule has 0 aliphatic heterocycles. The maximum absolute atomic E-state index is 13.0. The summed E-state index contributed by atoms with van der Waals surface area (Å²) in [5, 5.41) is 12.4. The Hall–Kier alpha value is -2.80. The average Bonchev–Trinajstić information content (AvgIpc) is 3.47. The topological polar surface area (TPSA) is 69.0 Å². The maximum Gasteiger partial charge on any atom is 0.238 e. The Balaban J connectivity index is 1.67. The molecule has 1 aromatic heterocycles. The Labute approximate surface area is 181 Å². The molecule has 1 N–H and O–H groups in total. The van der Waals surface area contributed by atoms with E-state index < -0.39 is 0 Å². The van der Waals surface area contributed by atoms with Gasteiger partial charge in [0.2, 0.25) is 5.91 Å². The van der Waals surface area contributed by atoms with Crippen LogP contribution in [0.5, 0.6) is 5.75 Å². The van der Waals surface area contributed by atoms with Crippen LogP contribution >= 0.6 is 11.8 Å². The van der Waals surface area contributed by atoms with Gasteiger partial charge in [0.1, 0.15) is 11.0 Å². The standard InChI is InChI=1S/C23H26N4O2S/c1-15(2)27-21(17-9-13-19(29-3)14-10-17)25-26-23(27)30-20(16-7-5-4-6-8-16)22(28)24-18-11-12-18/h4-10,13-15,18,20H,11-12H2,1-3H3,(H,24,28)/t20-/m0/s1. The number of rotatable bonds is 8. The first-order valence-corrected chi connectivity index (χ1v) is 11.1. The number of nitrogens with one attached hydrogen (secondary N) is 1. The molecule has 1 aliphatic rings. The van der Waals surface area contributed by atoms with Gasteiger partial charge in [0.25, 0.3) is 0 Å². The molecule has 1 aliphatic carbocycles. The maximum atomic E-state index is 13.0. The molecule has 1 saturated carbocycles. The number of benzene rings is 2. The van der Waals surface area contributed by atoms with Crippen molar-refractivity contribution in [2.45, 2.75) is 49.2 Å². The molecule has 0 unspecified atom stereocenters. The highest BCUT2D eigenvalue weighted by molar-refractivity contribution is 8.00. The molecule has 30 heavy (non-hydrogen) atoms. The minimum Gasteiger partial charge on any atom is -0.497 e. The molecule has 1 heterocycles. The predicted octanol–water partition coefficient (Wildman–Crippen LogP) is 4.65. The largest absolute Gasteiger partial charge is 0.497 e. The number of carbonyl (C=O) groups is 1. The van der Waals surface area contributed by atoms with Gasteiger partial charge in [-0.15, -0.1) is 10.2 Å². The van der Waals surface area contributed by atoms with Gasteiger partial charge in [-0.05, 0) is 56.5 Å². The molecule has 1 atom stereocenters. The lowest BCUT2D eigenvalue weighted by atomic mass is 10.1. The number of hydrogen-bond donors (Lipinski definition) is 1. The highest BCUT2D eigenvalue weighted by atomic mass is 32.2. The third-order valence-electron chi connectivity index (χ3n) is 5.02. The van der Waals surface area contributed by atoms with E-state index in [1.54, 1.807) is 7.11 Å². The van der Waals surface area contributed by atoms with Crippen molar-refractivity contribution in [2.24, 2.45) is 0 Å². The second-order valence-electron chi connectivity index (χ2n) is 7.69. The number of ether oxygens (including phenoxy) is 1. The van der Waals surface area contributed by atoms with Crippen molar-refractivity contribution in [3.8, 4) is 17.1 Å². The van der Waals surface area contributed by atoms with Gasteiger partial charge in [-0.2, -0.15) is 0 Å². The summed E-state index contributed by atoms with van der Waals surface area (Å²) in [5.74, 6) is 1.60. The lowest BCUT2D eigenvalue weighted by molar-refractivity contribution is -0.120. The second-order valence-corrected chi connectivity index (χ2v) is 8.76. The summed E-state index contributed by atoms with van der Waals surface area (Å²) in [6, 6.07) is 18.1. The van der Waals surface area contributed by atoms with Gasteiger partial charge in [0, 0.05) is 17.6 Å². The quantitative estimate of drug-likeness (QED) is 0.535. The summed E-state index contributed by atoms with van der Waals surface area (Å²) >= 11 is 1.45. The van der Waals surface area contributed by atoms with Crippen molar-refractivity contribution < 1.29 is 9.53 Å². The van der Waals surface area contributed by atoms with Crippen LogP contribution in [0.25, 0.3) is 11.4 Å². The number of aromatic nitrogens is 3. The first-order chi connectivity index (χ1) is 14.6. The van der Waals surface area contributed by atoms with Crippen molar-refractivity contribution in [1.82, 2.24) is 20.1 Å². The van der Waals surface area contributed by atoms with Gasteiger partial charge in [-0.1, -0.05) is 42.1 Å². The van der Waals surface area contributed by atoms with E-state index in [0.29, 0.717) is 6.04 Å². The van der Waals surface area contributed by atoms with Gasteiger partial charge in [0.15, 0.2) is 11.0 Å². The van der Waals surface area contributed by atoms with Crippen molar-refractivity contribution >= 4 is 17.7 Å². The first kappa shape index (κ1) is 20.5. The van der Waals surface area contributed by atoms with Crippen LogP contribution < -0.4 is 10.1 Å². The molecule has 0 bridgehead atoms. The van der Waals surface area contributed by atoms with Crippen LogP contribution in [0.1, 0.15) is 43.5 Å². The number of thioether (sulfide) groups is 1. The Morgan fingerprint density at radius 2 is 1.80 bits per heavy atom. The van der Waals surface area contributed by atoms with E-state index in [-0.39, 0.29) is 17.2 Å². The van der Waals surface area contributed by atoms with Gasteiger partial charge in [-0.3, -0.25) is 9.36 Å². The second kappa shape index (κ2) is 8.92. The van der Waals surface area contributed by atoms with Crippen LogP contribution in [0.15, 0.2) is 59.8 Å². The van der Waals surface area contributed by atoms with Crippen molar-refractivity contribution in [3.05, 3.63) is 60.2 Å². The number of hydrogen-bond acceptors (Lipinski definition) is 5. The van der Waals surface area contributed by atoms with Gasteiger partial charge in [-0.25, -0.2) is 0 Å². The molecule has 0 spiro atoms. The Bertz CT molecular complexity index is 998. The predicted molar refractivity (Wildman–Crippen MR) is 119 cm³/mol. The van der Waals surface area contributed by atoms with Gasteiger partial charge < -0.3 is 10.1 Å². The molecule has 1 fully saturated rings. The summed E-state index contributed by atoms with van der Waals surface area (Å²) in [6.45, 7) is 4.20. The zero-order valence-corrected chi connectivity index (χ0v) is 18.2. The molecular weight excluding hydrogens is 396 g/mol. The lowest BCUT2D eigenvalue weighted by Gasteiger charge is -2.19. The Morgan fingerprint density at radius 3 is 2.40 bits per heavy atom. The molecular formula is C23H26N4O2S. The van der Waals surface area contributed by atoms with Crippen LogP contribution in [0.4, 0.5) is 0 Å². The first-order valence-electron chi connectivity index (χ1n) is 10.2.